The second-order valence-corrected chi connectivity index (χ2v) is 8.60. The zero-order valence-corrected chi connectivity index (χ0v) is 20.9. The van der Waals surface area contributed by atoms with Gasteiger partial charge in [0.15, 0.2) is 0 Å². The molecule has 35 heavy (non-hydrogen) atoms. The van der Waals surface area contributed by atoms with Crippen LogP contribution < -0.4 is 5.32 Å². The molecule has 0 unspecified atom stereocenters. The van der Waals surface area contributed by atoms with Crippen molar-refractivity contribution >= 4 is 22.3 Å². The molecule has 0 aliphatic rings. The first kappa shape index (κ1) is 24.1. The second kappa shape index (κ2) is 11.4. The number of anilines is 1. The van der Waals surface area contributed by atoms with Crippen LogP contribution in [0.1, 0.15) is 44.0 Å². The summed E-state index contributed by atoms with van der Waals surface area (Å²) in [5.74, 6) is 0.882. The number of fused-ring (bicyclic) bond motifs is 1. The summed E-state index contributed by atoms with van der Waals surface area (Å²) in [6.45, 7) is 9.08. The summed E-state index contributed by atoms with van der Waals surface area (Å²) < 4.78 is 0. The van der Waals surface area contributed by atoms with Crippen LogP contribution in [-0.2, 0) is 6.54 Å². The molecule has 0 saturated heterocycles. The van der Waals surface area contributed by atoms with Crippen molar-refractivity contribution in [3.05, 3.63) is 114 Å². The van der Waals surface area contributed by atoms with Gasteiger partial charge in [-0.2, -0.15) is 0 Å². The summed E-state index contributed by atoms with van der Waals surface area (Å²) in [4.78, 5) is 13.7. The molecule has 0 fully saturated rings. The van der Waals surface area contributed by atoms with Crippen LogP contribution in [0.25, 0.3) is 27.6 Å². The monoisotopic (exact) mass is 460 g/mol. The number of pyridine rings is 3. The molecule has 4 heteroatoms. The molecule has 0 aliphatic carbocycles. The average molecular weight is 461 g/mol. The van der Waals surface area contributed by atoms with Crippen molar-refractivity contribution < 1.29 is 0 Å². The van der Waals surface area contributed by atoms with Gasteiger partial charge in [0, 0.05) is 36.1 Å². The maximum atomic E-state index is 4.73. The number of aromatic nitrogens is 3. The highest BCUT2D eigenvalue weighted by atomic mass is 15.0. The molecule has 0 radical (unpaired) electrons. The number of rotatable bonds is 8. The molecular formula is C31H32N4. The Morgan fingerprint density at radius 1 is 1.00 bits per heavy atom. The number of allylic oxidation sites excluding steroid dienone is 6. The molecule has 0 amide bonds. The highest BCUT2D eigenvalue weighted by Gasteiger charge is 2.09. The normalized spacial score (nSPS) is 12.5. The molecule has 0 spiro atoms. The van der Waals surface area contributed by atoms with Crippen molar-refractivity contribution in [2.45, 2.75) is 40.7 Å². The summed E-state index contributed by atoms with van der Waals surface area (Å²) in [5.41, 5.74) is 8.89. The molecular weight excluding hydrogens is 428 g/mol. The predicted molar refractivity (Wildman–Crippen MR) is 148 cm³/mol. The summed E-state index contributed by atoms with van der Waals surface area (Å²) >= 11 is 0. The van der Waals surface area contributed by atoms with Crippen molar-refractivity contribution in [3.63, 3.8) is 0 Å². The number of hydrogen-bond acceptors (Lipinski definition) is 4. The first-order valence-electron chi connectivity index (χ1n) is 12.1. The van der Waals surface area contributed by atoms with E-state index in [1.54, 1.807) is 0 Å². The van der Waals surface area contributed by atoms with E-state index < -0.39 is 0 Å². The minimum absolute atomic E-state index is 0.656. The lowest BCUT2D eigenvalue weighted by molar-refractivity contribution is 1.07. The Kier molecular flexibility index (Phi) is 7.84. The van der Waals surface area contributed by atoms with Crippen LogP contribution >= 0.6 is 0 Å². The van der Waals surface area contributed by atoms with Gasteiger partial charge in [0.05, 0.1) is 11.2 Å². The van der Waals surface area contributed by atoms with E-state index in [1.807, 2.05) is 31.6 Å². The molecule has 0 bridgehead atoms. The van der Waals surface area contributed by atoms with E-state index in [0.717, 1.165) is 51.1 Å². The van der Waals surface area contributed by atoms with Crippen molar-refractivity contribution in [3.8, 4) is 11.1 Å². The quantitative estimate of drug-likeness (QED) is 0.271. The SMILES string of the molecule is C\C=C/C(=C\C(C)=C\CC)c1ccc(CNc2nccc(-c3ccc4ncccc4c3)c2C)cn1. The fourth-order valence-corrected chi connectivity index (χ4v) is 4.17. The number of benzene rings is 1. The molecule has 3 heterocycles. The Balaban J connectivity index is 1.51. The Hall–Kier alpha value is -4.05. The highest BCUT2D eigenvalue weighted by Crippen LogP contribution is 2.29. The fraction of sp³-hybridized carbons (Fsp3) is 0.194. The van der Waals surface area contributed by atoms with E-state index in [1.165, 1.54) is 11.1 Å². The highest BCUT2D eigenvalue weighted by molar-refractivity contribution is 5.85. The van der Waals surface area contributed by atoms with Crippen molar-refractivity contribution in [2.75, 3.05) is 5.32 Å². The second-order valence-electron chi connectivity index (χ2n) is 8.60. The molecule has 4 aromatic rings. The lowest BCUT2D eigenvalue weighted by atomic mass is 10.00. The van der Waals surface area contributed by atoms with Gasteiger partial charge in [-0.05, 0) is 79.8 Å². The molecule has 1 N–H and O–H groups in total. The third kappa shape index (κ3) is 5.90. The predicted octanol–water partition coefficient (Wildman–Crippen LogP) is 7.93. The summed E-state index contributed by atoms with van der Waals surface area (Å²) in [6.07, 6.45) is 15.2. The van der Waals surface area contributed by atoms with E-state index in [4.69, 9.17) is 4.98 Å². The van der Waals surface area contributed by atoms with Gasteiger partial charge < -0.3 is 5.32 Å². The van der Waals surface area contributed by atoms with Gasteiger partial charge in [-0.3, -0.25) is 9.97 Å². The van der Waals surface area contributed by atoms with Crippen molar-refractivity contribution in [1.82, 2.24) is 15.0 Å². The number of nitrogens with one attached hydrogen (secondary N) is 1. The van der Waals surface area contributed by atoms with E-state index in [9.17, 15) is 0 Å². The van der Waals surface area contributed by atoms with Crippen LogP contribution in [-0.4, -0.2) is 15.0 Å². The molecule has 4 rings (SSSR count). The molecule has 0 aliphatic heterocycles. The third-order valence-corrected chi connectivity index (χ3v) is 5.95. The first-order valence-corrected chi connectivity index (χ1v) is 12.1. The first-order chi connectivity index (χ1) is 17.1. The Labute approximate surface area is 208 Å². The maximum absolute atomic E-state index is 4.73. The molecule has 176 valence electrons. The van der Waals surface area contributed by atoms with Crippen molar-refractivity contribution in [1.29, 1.82) is 0 Å². The van der Waals surface area contributed by atoms with E-state index >= 15 is 0 Å². The van der Waals surface area contributed by atoms with Gasteiger partial charge in [-0.25, -0.2) is 4.98 Å². The van der Waals surface area contributed by atoms with Crippen LogP contribution in [0.4, 0.5) is 5.82 Å². The summed E-state index contributed by atoms with van der Waals surface area (Å²) in [6, 6.07) is 16.7. The lowest BCUT2D eigenvalue weighted by Gasteiger charge is -2.13. The van der Waals surface area contributed by atoms with Gasteiger partial charge in [-0.15, -0.1) is 0 Å². The minimum Gasteiger partial charge on any atom is -0.366 e. The smallest absolute Gasteiger partial charge is 0.129 e. The van der Waals surface area contributed by atoms with Gasteiger partial charge in [0.2, 0.25) is 0 Å². The fourth-order valence-electron chi connectivity index (χ4n) is 4.17. The standard InChI is InChI=1S/C31H32N4/c1-5-8-22(3)18-26(9-6-2)30-13-11-24(20-34-30)21-35-31-23(4)28(15-17-33-31)25-12-14-29-27(19-25)10-7-16-32-29/h6-20H,5,21H2,1-4H3,(H,33,35)/b9-6-,22-8+,26-18+. The Morgan fingerprint density at radius 2 is 1.89 bits per heavy atom. The maximum Gasteiger partial charge on any atom is 0.129 e. The van der Waals surface area contributed by atoms with Crippen LogP contribution in [0.5, 0.6) is 0 Å². The van der Waals surface area contributed by atoms with Crippen LogP contribution in [0.3, 0.4) is 0 Å². The Bertz CT molecular complexity index is 1400. The zero-order chi connectivity index (χ0) is 24.6. The number of hydrogen-bond donors (Lipinski definition) is 1. The van der Waals surface area contributed by atoms with Crippen LogP contribution in [0, 0.1) is 6.92 Å². The molecule has 3 aromatic heterocycles. The van der Waals surface area contributed by atoms with Gasteiger partial charge >= 0.3 is 0 Å². The van der Waals surface area contributed by atoms with Gasteiger partial charge in [0.1, 0.15) is 5.82 Å². The van der Waals surface area contributed by atoms with Gasteiger partial charge in [0.25, 0.3) is 0 Å². The summed E-state index contributed by atoms with van der Waals surface area (Å²) in [7, 11) is 0. The number of nitrogens with zero attached hydrogens (tertiary/aromatic N) is 3. The van der Waals surface area contributed by atoms with Crippen molar-refractivity contribution in [2.24, 2.45) is 0 Å². The van der Waals surface area contributed by atoms with Crippen LogP contribution in [0.15, 0.2) is 97.0 Å². The van der Waals surface area contributed by atoms with Gasteiger partial charge in [-0.1, -0.05) is 55.0 Å². The Morgan fingerprint density at radius 3 is 2.66 bits per heavy atom. The molecule has 4 nitrogen and oxygen atoms in total. The lowest BCUT2D eigenvalue weighted by Crippen LogP contribution is -2.04. The molecule has 1 aromatic carbocycles. The topological polar surface area (TPSA) is 50.7 Å². The largest absolute Gasteiger partial charge is 0.366 e. The van der Waals surface area contributed by atoms with E-state index in [2.05, 4.69) is 103 Å². The summed E-state index contributed by atoms with van der Waals surface area (Å²) in [5, 5.41) is 4.63. The molecule has 0 atom stereocenters. The zero-order valence-electron chi connectivity index (χ0n) is 20.9. The van der Waals surface area contributed by atoms with Crippen LogP contribution in [0.2, 0.25) is 0 Å². The third-order valence-electron chi connectivity index (χ3n) is 5.95. The molecule has 0 saturated carbocycles. The average Bonchev–Trinajstić information content (AvgIpc) is 2.88. The van der Waals surface area contributed by atoms with E-state index in [0.29, 0.717) is 6.54 Å². The van der Waals surface area contributed by atoms with E-state index in [-0.39, 0.29) is 0 Å². The minimum atomic E-state index is 0.656.